The second kappa shape index (κ2) is 6.05. The molecule has 0 atom stereocenters. The number of ketones is 1. The first kappa shape index (κ1) is 15.2. The molecule has 0 saturated heterocycles. The van der Waals surface area contributed by atoms with Crippen LogP contribution >= 0.6 is 0 Å². The number of anilines is 1. The molecular formula is C15H16N2O3S. The van der Waals surface area contributed by atoms with Crippen LogP contribution in [0.3, 0.4) is 0 Å². The Morgan fingerprint density at radius 3 is 2.57 bits per heavy atom. The molecule has 1 heterocycles. The lowest BCUT2D eigenvalue weighted by molar-refractivity contribution is 0.0988. The summed E-state index contributed by atoms with van der Waals surface area (Å²) in [7, 11) is -3.76. The Balaban J connectivity index is 2.33. The summed E-state index contributed by atoms with van der Waals surface area (Å²) in [5.41, 5.74) is 1.10. The number of Topliss-reactive ketones (excluding diaryl/α,β-unsaturated/α-hetero) is 1. The normalized spacial score (nSPS) is 11.1. The lowest BCUT2D eigenvalue weighted by Gasteiger charge is -2.08. The van der Waals surface area contributed by atoms with E-state index in [1.165, 1.54) is 12.1 Å². The number of benzene rings is 1. The fraction of sp³-hybridized carbons (Fsp3) is 0.200. The number of carbonyl (C=O) groups is 1. The Kier molecular flexibility index (Phi) is 4.37. The fourth-order valence-electron chi connectivity index (χ4n) is 1.84. The fourth-order valence-corrected chi connectivity index (χ4v) is 2.88. The molecule has 1 aromatic heterocycles. The summed E-state index contributed by atoms with van der Waals surface area (Å²) in [6.45, 7) is 3.51. The smallest absolute Gasteiger partial charge is 0.263 e. The molecule has 0 amide bonds. The zero-order valence-electron chi connectivity index (χ0n) is 11.8. The SMILES string of the molecule is CCC(=O)c1cccc(S(=O)(=O)Nc2cccc(C)n2)c1. The van der Waals surface area contributed by atoms with Gasteiger partial charge < -0.3 is 0 Å². The van der Waals surface area contributed by atoms with Crippen LogP contribution < -0.4 is 4.72 Å². The molecule has 6 heteroatoms. The topological polar surface area (TPSA) is 76.1 Å². The summed E-state index contributed by atoms with van der Waals surface area (Å²) in [6, 6.07) is 11.1. The van der Waals surface area contributed by atoms with Crippen LogP contribution in [0, 0.1) is 6.92 Å². The molecule has 1 aromatic carbocycles. The molecule has 0 spiro atoms. The predicted octanol–water partition coefficient (Wildman–Crippen LogP) is 2.78. The third kappa shape index (κ3) is 3.66. The molecule has 0 aliphatic carbocycles. The van der Waals surface area contributed by atoms with Crippen molar-refractivity contribution < 1.29 is 13.2 Å². The zero-order valence-corrected chi connectivity index (χ0v) is 12.6. The Hall–Kier alpha value is -2.21. The van der Waals surface area contributed by atoms with Gasteiger partial charge in [0.05, 0.1) is 4.90 Å². The number of rotatable bonds is 5. The minimum absolute atomic E-state index is 0.0464. The van der Waals surface area contributed by atoms with Gasteiger partial charge in [-0.05, 0) is 31.2 Å². The maximum atomic E-state index is 12.3. The van der Waals surface area contributed by atoms with Crippen LogP contribution in [-0.2, 0) is 10.0 Å². The maximum Gasteiger partial charge on any atom is 0.263 e. The quantitative estimate of drug-likeness (QED) is 0.862. The molecule has 0 fully saturated rings. The van der Waals surface area contributed by atoms with E-state index in [2.05, 4.69) is 9.71 Å². The summed E-state index contributed by atoms with van der Waals surface area (Å²) in [5.74, 6) is 0.156. The number of sulfonamides is 1. The molecule has 1 N–H and O–H groups in total. The Morgan fingerprint density at radius 1 is 1.19 bits per heavy atom. The van der Waals surface area contributed by atoms with Crippen LogP contribution in [0.2, 0.25) is 0 Å². The summed E-state index contributed by atoms with van der Waals surface area (Å²) in [5, 5.41) is 0. The van der Waals surface area contributed by atoms with E-state index in [0.29, 0.717) is 17.7 Å². The van der Waals surface area contributed by atoms with Crippen LogP contribution in [0.5, 0.6) is 0 Å². The van der Waals surface area contributed by atoms with Gasteiger partial charge in [0.2, 0.25) is 0 Å². The highest BCUT2D eigenvalue weighted by atomic mass is 32.2. The van der Waals surface area contributed by atoms with Gasteiger partial charge in [-0.3, -0.25) is 9.52 Å². The van der Waals surface area contributed by atoms with E-state index >= 15 is 0 Å². The molecule has 110 valence electrons. The minimum Gasteiger partial charge on any atom is -0.294 e. The van der Waals surface area contributed by atoms with Crippen LogP contribution in [0.15, 0.2) is 47.4 Å². The van der Waals surface area contributed by atoms with Crippen molar-refractivity contribution in [2.45, 2.75) is 25.2 Å². The molecule has 0 saturated carbocycles. The number of nitrogens with zero attached hydrogens (tertiary/aromatic N) is 1. The predicted molar refractivity (Wildman–Crippen MR) is 80.8 cm³/mol. The summed E-state index contributed by atoms with van der Waals surface area (Å²) >= 11 is 0. The number of aromatic nitrogens is 1. The van der Waals surface area contributed by atoms with Crippen LogP contribution in [0.1, 0.15) is 29.4 Å². The highest BCUT2D eigenvalue weighted by Gasteiger charge is 2.16. The molecule has 2 aromatic rings. The van der Waals surface area contributed by atoms with Crippen LogP contribution in [-0.4, -0.2) is 19.2 Å². The summed E-state index contributed by atoms with van der Waals surface area (Å²) in [4.78, 5) is 15.8. The van der Waals surface area contributed by atoms with Crippen molar-refractivity contribution in [3.63, 3.8) is 0 Å². The van der Waals surface area contributed by atoms with Gasteiger partial charge in [0.1, 0.15) is 5.82 Å². The van der Waals surface area contributed by atoms with Gasteiger partial charge in [0, 0.05) is 17.7 Å². The van der Waals surface area contributed by atoms with Crippen molar-refractivity contribution in [1.29, 1.82) is 0 Å². The first-order chi connectivity index (χ1) is 9.92. The van der Waals surface area contributed by atoms with Gasteiger partial charge in [-0.1, -0.05) is 25.1 Å². The van der Waals surface area contributed by atoms with Crippen LogP contribution in [0.25, 0.3) is 0 Å². The first-order valence-corrected chi connectivity index (χ1v) is 8.00. The molecule has 0 unspecified atom stereocenters. The molecule has 5 nitrogen and oxygen atoms in total. The Labute approximate surface area is 124 Å². The summed E-state index contributed by atoms with van der Waals surface area (Å²) < 4.78 is 27.0. The molecule has 0 radical (unpaired) electrons. The van der Waals surface area contributed by atoms with E-state index in [1.807, 2.05) is 0 Å². The van der Waals surface area contributed by atoms with Crippen molar-refractivity contribution >= 4 is 21.6 Å². The average molecular weight is 304 g/mol. The number of hydrogen-bond donors (Lipinski definition) is 1. The molecular weight excluding hydrogens is 288 g/mol. The molecule has 0 aliphatic rings. The Morgan fingerprint density at radius 2 is 1.90 bits per heavy atom. The largest absolute Gasteiger partial charge is 0.294 e. The number of pyridine rings is 1. The number of nitrogens with one attached hydrogen (secondary N) is 1. The number of hydrogen-bond acceptors (Lipinski definition) is 4. The molecule has 0 aliphatic heterocycles. The van der Waals surface area contributed by atoms with Gasteiger partial charge in [-0.2, -0.15) is 0 Å². The zero-order chi connectivity index (χ0) is 15.5. The monoisotopic (exact) mass is 304 g/mol. The van der Waals surface area contributed by atoms with E-state index in [1.54, 1.807) is 44.2 Å². The van der Waals surface area contributed by atoms with E-state index in [9.17, 15) is 13.2 Å². The van der Waals surface area contributed by atoms with Gasteiger partial charge >= 0.3 is 0 Å². The lowest BCUT2D eigenvalue weighted by atomic mass is 10.1. The third-order valence-electron chi connectivity index (χ3n) is 2.91. The van der Waals surface area contributed by atoms with E-state index in [4.69, 9.17) is 0 Å². The van der Waals surface area contributed by atoms with Gasteiger partial charge in [-0.25, -0.2) is 13.4 Å². The second-order valence-electron chi connectivity index (χ2n) is 4.57. The van der Waals surface area contributed by atoms with E-state index in [-0.39, 0.29) is 16.5 Å². The second-order valence-corrected chi connectivity index (χ2v) is 6.26. The minimum atomic E-state index is -3.76. The van der Waals surface area contributed by atoms with E-state index < -0.39 is 10.0 Å². The van der Waals surface area contributed by atoms with Crippen molar-refractivity contribution in [3.8, 4) is 0 Å². The van der Waals surface area contributed by atoms with Crippen molar-refractivity contribution in [2.75, 3.05) is 4.72 Å². The lowest BCUT2D eigenvalue weighted by Crippen LogP contribution is -2.14. The van der Waals surface area contributed by atoms with Gasteiger partial charge in [-0.15, -0.1) is 0 Å². The van der Waals surface area contributed by atoms with Gasteiger partial charge in [0.15, 0.2) is 5.78 Å². The highest BCUT2D eigenvalue weighted by molar-refractivity contribution is 7.92. The third-order valence-corrected chi connectivity index (χ3v) is 4.27. The number of carbonyl (C=O) groups excluding carboxylic acids is 1. The maximum absolute atomic E-state index is 12.3. The Bertz CT molecular complexity index is 770. The molecule has 2 rings (SSSR count). The van der Waals surface area contributed by atoms with Crippen molar-refractivity contribution in [1.82, 2.24) is 4.98 Å². The first-order valence-electron chi connectivity index (χ1n) is 6.52. The summed E-state index contributed by atoms with van der Waals surface area (Å²) in [6.07, 6.45) is 0.330. The standard InChI is InChI=1S/C15H16N2O3S/c1-3-14(18)12-7-5-8-13(10-12)21(19,20)17-15-9-4-6-11(2)16-15/h4-10H,3H2,1-2H3,(H,16,17). The van der Waals surface area contributed by atoms with E-state index in [0.717, 1.165) is 0 Å². The molecule has 21 heavy (non-hydrogen) atoms. The average Bonchev–Trinajstić information content (AvgIpc) is 2.46. The number of aryl methyl sites for hydroxylation is 1. The van der Waals surface area contributed by atoms with Crippen molar-refractivity contribution in [3.05, 3.63) is 53.7 Å². The van der Waals surface area contributed by atoms with Crippen LogP contribution in [0.4, 0.5) is 5.82 Å². The van der Waals surface area contributed by atoms with Gasteiger partial charge in [0.25, 0.3) is 10.0 Å². The highest BCUT2D eigenvalue weighted by Crippen LogP contribution is 2.17. The molecule has 0 bridgehead atoms. The van der Waals surface area contributed by atoms with Crippen molar-refractivity contribution in [2.24, 2.45) is 0 Å².